The van der Waals surface area contributed by atoms with E-state index < -0.39 is 5.97 Å². The van der Waals surface area contributed by atoms with Crippen LogP contribution in [0.1, 0.15) is 13.3 Å². The number of esters is 1. The zero-order valence-corrected chi connectivity index (χ0v) is 14.1. The van der Waals surface area contributed by atoms with Crippen molar-refractivity contribution in [2.75, 3.05) is 20.3 Å². The summed E-state index contributed by atoms with van der Waals surface area (Å²) in [7, 11) is 1.46. The molecule has 134 valence electrons. The lowest BCUT2D eigenvalue weighted by Gasteiger charge is -2.12. The summed E-state index contributed by atoms with van der Waals surface area (Å²) in [6.45, 7) is 1.77. The summed E-state index contributed by atoms with van der Waals surface area (Å²) >= 11 is 0. The van der Waals surface area contributed by atoms with Gasteiger partial charge < -0.3 is 14.6 Å². The summed E-state index contributed by atoms with van der Waals surface area (Å²) < 4.78 is 11.8. The van der Waals surface area contributed by atoms with Crippen LogP contribution in [-0.2, 0) is 19.1 Å². The molecule has 0 atom stereocenters. The smallest absolute Gasteiger partial charge is 0.344 e. The molecule has 25 heavy (non-hydrogen) atoms. The largest absolute Gasteiger partial charge is 0.502 e. The molecule has 0 saturated heterocycles. The van der Waals surface area contributed by atoms with Gasteiger partial charge in [-0.15, -0.1) is 0 Å². The third-order valence-electron chi connectivity index (χ3n) is 3.47. The van der Waals surface area contributed by atoms with Crippen LogP contribution in [0.2, 0.25) is 0 Å². The van der Waals surface area contributed by atoms with Crippen LogP contribution in [0.15, 0.2) is 42.2 Å². The molecule has 0 aliphatic heterocycles. The van der Waals surface area contributed by atoms with Crippen LogP contribution < -0.4 is 5.48 Å². The van der Waals surface area contributed by atoms with Crippen molar-refractivity contribution in [3.8, 4) is 5.75 Å². The molecule has 0 aromatic heterocycles. The summed E-state index contributed by atoms with van der Waals surface area (Å²) in [6, 6.07) is 4.77. The van der Waals surface area contributed by atoms with E-state index in [0.29, 0.717) is 23.6 Å². The van der Waals surface area contributed by atoms with Crippen molar-refractivity contribution in [1.29, 1.82) is 0 Å². The average molecular weight is 350 g/mol. The maximum atomic E-state index is 11.5. The summed E-state index contributed by atoms with van der Waals surface area (Å²) in [5.74, 6) is -0.125. The summed E-state index contributed by atoms with van der Waals surface area (Å²) in [4.78, 5) is 17.0. The standard InChI is InChI=1S/C17H20N2O6/c1-3-24-16(21)11-25-15-10-5-4-7-12(15)19(23-2)13-8-6-9-14(20)17(13)18-22/h4-6,8-10,18,22H,3,7,11H2,1-2H3/p+2/b19-12-. The number of benzene rings is 1. The Morgan fingerprint density at radius 2 is 2.20 bits per heavy atom. The van der Waals surface area contributed by atoms with E-state index in [0.717, 1.165) is 5.48 Å². The first-order valence-corrected chi connectivity index (χ1v) is 7.77. The van der Waals surface area contributed by atoms with E-state index in [-0.39, 0.29) is 24.7 Å². The Kier molecular flexibility index (Phi) is 6.55. The van der Waals surface area contributed by atoms with Gasteiger partial charge in [0.15, 0.2) is 18.1 Å². The predicted molar refractivity (Wildman–Crippen MR) is 87.8 cm³/mol. The number of para-hydroxylation sites is 1. The van der Waals surface area contributed by atoms with Crippen molar-refractivity contribution in [3.05, 3.63) is 42.2 Å². The van der Waals surface area contributed by atoms with E-state index in [1.807, 2.05) is 6.08 Å². The quantitative estimate of drug-likeness (QED) is 0.223. The zero-order valence-electron chi connectivity index (χ0n) is 14.1. The van der Waals surface area contributed by atoms with E-state index in [9.17, 15) is 15.1 Å². The van der Waals surface area contributed by atoms with Crippen molar-refractivity contribution in [2.24, 2.45) is 0 Å². The fourth-order valence-corrected chi connectivity index (χ4v) is 2.39. The molecule has 4 N–H and O–H groups in total. The monoisotopic (exact) mass is 350 g/mol. The maximum Gasteiger partial charge on any atom is 0.344 e. The topological polar surface area (TPSA) is 105 Å². The highest BCUT2D eigenvalue weighted by Crippen LogP contribution is 2.30. The third-order valence-corrected chi connectivity index (χ3v) is 3.47. The molecule has 8 heteroatoms. The number of allylic oxidation sites excluding steroid dienone is 4. The molecular formula is C17H22N2O6+2. The van der Waals surface area contributed by atoms with Gasteiger partial charge in [-0.2, -0.15) is 5.48 Å². The number of ether oxygens (including phenoxy) is 2. The van der Waals surface area contributed by atoms with Crippen molar-refractivity contribution < 1.29 is 39.6 Å². The van der Waals surface area contributed by atoms with E-state index in [1.165, 1.54) is 17.9 Å². The van der Waals surface area contributed by atoms with E-state index in [2.05, 4.69) is 0 Å². The zero-order chi connectivity index (χ0) is 18.2. The maximum absolute atomic E-state index is 11.5. The number of nitrogens with zero attached hydrogens (tertiary/aromatic N) is 1. The lowest BCUT2D eigenvalue weighted by atomic mass is 10.1. The van der Waals surface area contributed by atoms with Gasteiger partial charge in [-0.25, -0.2) is 10.0 Å². The molecular weight excluding hydrogens is 328 g/mol. The Morgan fingerprint density at radius 3 is 2.88 bits per heavy atom. The van der Waals surface area contributed by atoms with Gasteiger partial charge >= 0.3 is 11.7 Å². The van der Waals surface area contributed by atoms with E-state index in [4.69, 9.17) is 14.3 Å². The second-order valence-electron chi connectivity index (χ2n) is 5.02. The van der Waals surface area contributed by atoms with Crippen LogP contribution in [0, 0.1) is 0 Å². The molecule has 0 heterocycles. The Bertz CT molecular complexity index is 724. The number of phenols is 1. The third kappa shape index (κ3) is 4.37. The molecule has 0 spiro atoms. The highest BCUT2D eigenvalue weighted by atomic mass is 16.7. The second-order valence-corrected chi connectivity index (χ2v) is 5.02. The molecule has 0 bridgehead atoms. The summed E-state index contributed by atoms with van der Waals surface area (Å²) in [6.07, 6.45) is 5.88. The molecule has 2 rings (SSSR count). The number of nitrogens with two attached hydrogens (primary N) is 1. The molecule has 0 saturated carbocycles. The van der Waals surface area contributed by atoms with Gasteiger partial charge in [-0.05, 0) is 19.1 Å². The number of hydrogen-bond acceptors (Lipinski definition) is 6. The van der Waals surface area contributed by atoms with E-state index >= 15 is 0 Å². The molecule has 0 amide bonds. The molecule has 0 unspecified atom stereocenters. The molecule has 1 aromatic carbocycles. The number of quaternary nitrogens is 1. The number of carbonyl (C=O) groups excluding carboxylic acids is 1. The van der Waals surface area contributed by atoms with Crippen LogP contribution in [0.3, 0.4) is 0 Å². The van der Waals surface area contributed by atoms with Gasteiger partial charge in [0.2, 0.25) is 0 Å². The van der Waals surface area contributed by atoms with Crippen LogP contribution in [0.25, 0.3) is 0 Å². The first-order valence-electron chi connectivity index (χ1n) is 7.77. The molecule has 1 aliphatic rings. The van der Waals surface area contributed by atoms with Gasteiger partial charge in [-0.1, -0.05) is 18.2 Å². The molecule has 8 nitrogen and oxygen atoms in total. The lowest BCUT2D eigenvalue weighted by molar-refractivity contribution is -0.831. The van der Waals surface area contributed by atoms with E-state index in [1.54, 1.807) is 31.2 Å². The van der Waals surface area contributed by atoms with Crippen LogP contribution >= 0.6 is 0 Å². The predicted octanol–water partition coefficient (Wildman–Crippen LogP) is 1.05. The average Bonchev–Trinajstić information content (AvgIpc) is 2.62. The van der Waals surface area contributed by atoms with Gasteiger partial charge in [0, 0.05) is 10.8 Å². The minimum atomic E-state index is -0.469. The van der Waals surface area contributed by atoms with Gasteiger partial charge in [-0.3, -0.25) is 4.84 Å². The second kappa shape index (κ2) is 8.86. The Hall–Kier alpha value is -2.84. The normalized spacial score (nSPS) is 15.4. The minimum absolute atomic E-state index is 0.0908. The number of rotatable bonds is 7. The highest BCUT2D eigenvalue weighted by molar-refractivity contribution is 5.97. The highest BCUT2D eigenvalue weighted by Gasteiger charge is 2.31. The first kappa shape index (κ1) is 18.5. The fraction of sp³-hybridized carbons (Fsp3) is 0.294. The van der Waals surface area contributed by atoms with Gasteiger partial charge in [0.25, 0.3) is 11.4 Å². The minimum Gasteiger partial charge on any atom is -0.502 e. The lowest BCUT2D eigenvalue weighted by Crippen LogP contribution is -2.74. The molecule has 0 radical (unpaired) electrons. The van der Waals surface area contributed by atoms with Gasteiger partial charge in [0.1, 0.15) is 7.11 Å². The first-order chi connectivity index (χ1) is 12.1. The summed E-state index contributed by atoms with van der Waals surface area (Å²) in [5, 5.41) is 19.4. The van der Waals surface area contributed by atoms with Crippen LogP contribution in [0.4, 0.5) is 11.4 Å². The number of aromatic hydroxyl groups is 1. The SMILES string of the molecule is CCOC(=O)COC1=CC=CC/C1=[N+](/OC)c1cccc(O)c1[NH2+]O. The molecule has 0 fully saturated rings. The van der Waals surface area contributed by atoms with Crippen LogP contribution in [0.5, 0.6) is 5.75 Å². The summed E-state index contributed by atoms with van der Waals surface area (Å²) in [5.41, 5.74) is 2.05. The Balaban J connectivity index is 2.39. The molecule has 1 aliphatic carbocycles. The number of phenolic OH excluding ortho intramolecular Hbond substituents is 1. The van der Waals surface area contributed by atoms with Crippen molar-refractivity contribution >= 4 is 23.1 Å². The fourth-order valence-electron chi connectivity index (χ4n) is 2.39. The Labute approximate surface area is 145 Å². The number of hydrogen-bond donors (Lipinski definition) is 3. The molecule has 1 aromatic rings. The number of carbonyl (C=O) groups is 1. The van der Waals surface area contributed by atoms with Crippen molar-refractivity contribution in [1.82, 2.24) is 0 Å². The van der Waals surface area contributed by atoms with Crippen molar-refractivity contribution in [2.45, 2.75) is 13.3 Å². The van der Waals surface area contributed by atoms with Crippen LogP contribution in [-0.4, -0.2) is 47.1 Å². The van der Waals surface area contributed by atoms with Gasteiger partial charge in [0.05, 0.1) is 13.0 Å². The Morgan fingerprint density at radius 1 is 1.40 bits per heavy atom. The van der Waals surface area contributed by atoms with Crippen molar-refractivity contribution in [3.63, 3.8) is 0 Å².